The molecule has 1 saturated heterocycles. The summed E-state index contributed by atoms with van der Waals surface area (Å²) in [4.78, 5) is 29.8. The highest BCUT2D eigenvalue weighted by molar-refractivity contribution is 6.46. The molecule has 1 heterocycles. The standard InChI is InChI=1S/C21H29N3O3/c1-23(2)10-9-22-15-16-7-8-18(21(26)20(16)25)17-5-3-4-6-19(17)24-11-13-27-14-12-24/h3-6,15,18,22H,7-14H2,1-2H3. The van der Waals surface area contributed by atoms with Crippen LogP contribution in [0.3, 0.4) is 0 Å². The van der Waals surface area contributed by atoms with E-state index in [9.17, 15) is 9.59 Å². The number of benzene rings is 1. The van der Waals surface area contributed by atoms with E-state index in [0.717, 1.165) is 37.4 Å². The number of nitrogens with one attached hydrogen (secondary N) is 1. The van der Waals surface area contributed by atoms with Gasteiger partial charge in [-0.25, -0.2) is 0 Å². The van der Waals surface area contributed by atoms with Crippen LogP contribution in [-0.2, 0) is 14.3 Å². The molecule has 2 fully saturated rings. The highest BCUT2D eigenvalue weighted by Gasteiger charge is 2.35. The maximum atomic E-state index is 12.8. The lowest BCUT2D eigenvalue weighted by molar-refractivity contribution is -0.136. The molecule has 0 bridgehead atoms. The molecule has 1 N–H and O–H groups in total. The second-order valence-electron chi connectivity index (χ2n) is 7.37. The number of likely N-dealkylation sites (N-methyl/N-ethyl adjacent to an activating group) is 1. The summed E-state index contributed by atoms with van der Waals surface area (Å²) in [5, 5.41) is 3.16. The van der Waals surface area contributed by atoms with Crippen molar-refractivity contribution in [3.8, 4) is 0 Å². The summed E-state index contributed by atoms with van der Waals surface area (Å²) in [7, 11) is 4.00. The van der Waals surface area contributed by atoms with Gasteiger partial charge in [0.05, 0.1) is 19.1 Å². The lowest BCUT2D eigenvalue weighted by atomic mass is 9.79. The Hall–Kier alpha value is -2.18. The summed E-state index contributed by atoms with van der Waals surface area (Å²) < 4.78 is 5.44. The quantitative estimate of drug-likeness (QED) is 0.465. The minimum atomic E-state index is -0.351. The number of rotatable bonds is 6. The molecule has 0 spiro atoms. The van der Waals surface area contributed by atoms with E-state index in [2.05, 4.69) is 15.1 Å². The van der Waals surface area contributed by atoms with Crippen molar-refractivity contribution in [1.29, 1.82) is 0 Å². The Kier molecular flexibility index (Phi) is 6.63. The number of carbonyl (C=O) groups is 2. The van der Waals surface area contributed by atoms with Gasteiger partial charge in [0.25, 0.3) is 0 Å². The molecule has 3 rings (SSSR count). The van der Waals surface area contributed by atoms with Crippen LogP contribution in [-0.4, -0.2) is 70.0 Å². The van der Waals surface area contributed by atoms with Gasteiger partial charge in [0.2, 0.25) is 11.6 Å². The van der Waals surface area contributed by atoms with E-state index in [1.165, 1.54) is 0 Å². The van der Waals surface area contributed by atoms with Crippen LogP contribution in [0.5, 0.6) is 0 Å². The van der Waals surface area contributed by atoms with Crippen molar-refractivity contribution in [2.45, 2.75) is 18.8 Å². The summed E-state index contributed by atoms with van der Waals surface area (Å²) in [6.45, 7) is 4.64. The van der Waals surface area contributed by atoms with Crippen molar-refractivity contribution < 1.29 is 14.3 Å². The number of anilines is 1. The van der Waals surface area contributed by atoms with Gasteiger partial charge in [0.15, 0.2) is 0 Å². The molecule has 6 heteroatoms. The number of allylic oxidation sites excluding steroid dienone is 1. The van der Waals surface area contributed by atoms with Gasteiger partial charge in [-0.2, -0.15) is 0 Å². The normalized spacial score (nSPS) is 22.6. The molecule has 1 aliphatic heterocycles. The topological polar surface area (TPSA) is 61.9 Å². The lowest BCUT2D eigenvalue weighted by Crippen LogP contribution is -2.38. The number of para-hydroxylation sites is 1. The Balaban J connectivity index is 1.72. The maximum Gasteiger partial charge on any atom is 0.226 e. The van der Waals surface area contributed by atoms with Crippen LogP contribution in [0.1, 0.15) is 24.3 Å². The van der Waals surface area contributed by atoms with Crippen molar-refractivity contribution >= 4 is 17.3 Å². The first-order valence-electron chi connectivity index (χ1n) is 9.65. The highest BCUT2D eigenvalue weighted by atomic mass is 16.5. The van der Waals surface area contributed by atoms with Gasteiger partial charge in [-0.3, -0.25) is 9.59 Å². The molecule has 146 valence electrons. The number of ether oxygens (including phenoxy) is 1. The number of ketones is 2. The van der Waals surface area contributed by atoms with Crippen molar-refractivity contribution in [1.82, 2.24) is 10.2 Å². The Morgan fingerprint density at radius 2 is 1.96 bits per heavy atom. The van der Waals surface area contributed by atoms with E-state index in [1.54, 1.807) is 6.20 Å². The summed E-state index contributed by atoms with van der Waals surface area (Å²) in [6, 6.07) is 7.98. The third kappa shape index (κ3) is 4.76. The van der Waals surface area contributed by atoms with E-state index < -0.39 is 0 Å². The molecule has 0 amide bonds. The Morgan fingerprint density at radius 1 is 1.22 bits per heavy atom. The second kappa shape index (κ2) is 9.15. The van der Waals surface area contributed by atoms with Gasteiger partial charge in [0.1, 0.15) is 0 Å². The molecule has 1 aromatic rings. The summed E-state index contributed by atoms with van der Waals surface area (Å²) in [5.41, 5.74) is 2.62. The van der Waals surface area contributed by atoms with Gasteiger partial charge in [0, 0.05) is 43.6 Å². The fourth-order valence-electron chi connectivity index (χ4n) is 3.65. The zero-order valence-corrected chi connectivity index (χ0v) is 16.2. The fraction of sp³-hybridized carbons (Fsp3) is 0.524. The zero-order chi connectivity index (χ0) is 19.2. The fourth-order valence-corrected chi connectivity index (χ4v) is 3.65. The van der Waals surface area contributed by atoms with Gasteiger partial charge >= 0.3 is 0 Å². The monoisotopic (exact) mass is 371 g/mol. The van der Waals surface area contributed by atoms with Crippen molar-refractivity contribution in [2.75, 3.05) is 58.4 Å². The van der Waals surface area contributed by atoms with Crippen LogP contribution in [0.25, 0.3) is 0 Å². The molecule has 6 nitrogen and oxygen atoms in total. The molecule has 2 aliphatic rings. The second-order valence-corrected chi connectivity index (χ2v) is 7.37. The third-order valence-corrected chi connectivity index (χ3v) is 5.18. The first kappa shape index (κ1) is 19.6. The SMILES string of the molecule is CN(C)CCNC=C1CCC(c2ccccc2N2CCOCC2)C(=O)C1=O. The smallest absolute Gasteiger partial charge is 0.226 e. The van der Waals surface area contributed by atoms with Crippen LogP contribution in [0.15, 0.2) is 36.0 Å². The van der Waals surface area contributed by atoms with Crippen LogP contribution in [0, 0.1) is 0 Å². The minimum absolute atomic E-state index is 0.289. The molecule has 1 atom stereocenters. The number of nitrogens with zero attached hydrogens (tertiary/aromatic N) is 2. The van der Waals surface area contributed by atoms with E-state index in [1.807, 2.05) is 38.4 Å². The predicted octanol–water partition coefficient (Wildman–Crippen LogP) is 1.57. The highest BCUT2D eigenvalue weighted by Crippen LogP contribution is 2.36. The largest absolute Gasteiger partial charge is 0.389 e. The van der Waals surface area contributed by atoms with Gasteiger partial charge in [-0.1, -0.05) is 18.2 Å². The zero-order valence-electron chi connectivity index (χ0n) is 16.2. The van der Waals surface area contributed by atoms with Crippen molar-refractivity contribution in [2.24, 2.45) is 0 Å². The van der Waals surface area contributed by atoms with Crippen molar-refractivity contribution in [3.05, 3.63) is 41.6 Å². The van der Waals surface area contributed by atoms with E-state index in [-0.39, 0.29) is 17.5 Å². The lowest BCUT2D eigenvalue weighted by Gasteiger charge is -2.33. The van der Waals surface area contributed by atoms with Gasteiger partial charge < -0.3 is 19.9 Å². The number of Topliss-reactive ketones (excluding diaryl/α,β-unsaturated/α-hetero) is 2. The number of hydrogen-bond acceptors (Lipinski definition) is 6. The average Bonchev–Trinajstić information content (AvgIpc) is 2.69. The average molecular weight is 371 g/mol. The predicted molar refractivity (Wildman–Crippen MR) is 106 cm³/mol. The van der Waals surface area contributed by atoms with E-state index in [4.69, 9.17) is 4.74 Å². The Morgan fingerprint density at radius 3 is 2.70 bits per heavy atom. The van der Waals surface area contributed by atoms with E-state index >= 15 is 0 Å². The Bertz CT molecular complexity index is 708. The van der Waals surface area contributed by atoms with Crippen molar-refractivity contribution in [3.63, 3.8) is 0 Å². The van der Waals surface area contributed by atoms with Gasteiger partial charge in [-0.15, -0.1) is 0 Å². The molecular weight excluding hydrogens is 342 g/mol. The molecule has 0 aromatic heterocycles. The molecule has 1 aliphatic carbocycles. The molecule has 27 heavy (non-hydrogen) atoms. The summed E-state index contributed by atoms with van der Waals surface area (Å²) in [6.07, 6.45) is 3.03. The molecule has 1 saturated carbocycles. The van der Waals surface area contributed by atoms with Crippen LogP contribution in [0.2, 0.25) is 0 Å². The molecule has 0 radical (unpaired) electrons. The van der Waals surface area contributed by atoms with Crippen LogP contribution in [0.4, 0.5) is 5.69 Å². The summed E-state index contributed by atoms with van der Waals surface area (Å²) >= 11 is 0. The first-order chi connectivity index (χ1) is 13.1. The molecule has 1 unspecified atom stereocenters. The van der Waals surface area contributed by atoms with Gasteiger partial charge in [-0.05, 0) is 38.6 Å². The minimum Gasteiger partial charge on any atom is -0.389 e. The molecular formula is C21H29N3O3. The summed E-state index contributed by atoms with van der Waals surface area (Å²) in [5.74, 6) is -0.988. The number of hydrogen-bond donors (Lipinski definition) is 1. The van der Waals surface area contributed by atoms with Crippen LogP contribution < -0.4 is 10.2 Å². The third-order valence-electron chi connectivity index (χ3n) is 5.18. The van der Waals surface area contributed by atoms with Crippen LogP contribution >= 0.6 is 0 Å². The first-order valence-corrected chi connectivity index (χ1v) is 9.65. The van der Waals surface area contributed by atoms with E-state index in [0.29, 0.717) is 31.6 Å². The Labute approximate surface area is 161 Å². The number of morpholine rings is 1. The molecule has 1 aromatic carbocycles. The number of carbonyl (C=O) groups excluding carboxylic acids is 2. The maximum absolute atomic E-state index is 12.8.